The second kappa shape index (κ2) is 8.21. The number of likely N-dealkylation sites (tertiary alicyclic amines) is 1. The van der Waals surface area contributed by atoms with E-state index in [1.54, 1.807) is 11.1 Å². The SMILES string of the molecule is NS(=O)(=O)CC1CCCN(C(=O)N2CCN(c3cnc4ncc5[nH]cccc5c34)CC2)C1. The van der Waals surface area contributed by atoms with Crippen LogP contribution in [0.2, 0.25) is 0 Å². The average molecular weight is 458 g/mol. The van der Waals surface area contributed by atoms with Crippen molar-refractivity contribution < 1.29 is 13.2 Å². The van der Waals surface area contributed by atoms with Crippen molar-refractivity contribution in [1.82, 2.24) is 24.8 Å². The molecular formula is C21H27N7O3S. The Morgan fingerprint density at radius 2 is 1.91 bits per heavy atom. The fourth-order valence-corrected chi connectivity index (χ4v) is 5.83. The summed E-state index contributed by atoms with van der Waals surface area (Å²) in [5.74, 6) is -0.163. The van der Waals surface area contributed by atoms with Crippen molar-refractivity contribution in [1.29, 1.82) is 0 Å². The molecular weight excluding hydrogens is 430 g/mol. The molecule has 0 bridgehead atoms. The molecule has 32 heavy (non-hydrogen) atoms. The van der Waals surface area contributed by atoms with E-state index in [0.717, 1.165) is 40.5 Å². The van der Waals surface area contributed by atoms with Gasteiger partial charge >= 0.3 is 6.03 Å². The number of sulfonamides is 1. The normalized spacial score (nSPS) is 20.3. The minimum Gasteiger partial charge on any atom is -0.366 e. The summed E-state index contributed by atoms with van der Waals surface area (Å²) in [5.41, 5.74) is 2.72. The molecule has 0 aromatic carbocycles. The fourth-order valence-electron chi connectivity index (χ4n) is 4.90. The Hall–Kier alpha value is -2.92. The predicted octanol–water partition coefficient (Wildman–Crippen LogP) is 1.35. The molecule has 10 nitrogen and oxygen atoms in total. The van der Waals surface area contributed by atoms with Crippen molar-refractivity contribution in [3.05, 3.63) is 30.7 Å². The van der Waals surface area contributed by atoms with Gasteiger partial charge in [0.25, 0.3) is 0 Å². The molecule has 3 aromatic heterocycles. The first-order chi connectivity index (χ1) is 15.4. The van der Waals surface area contributed by atoms with E-state index in [-0.39, 0.29) is 17.7 Å². The zero-order valence-electron chi connectivity index (χ0n) is 17.8. The number of hydrogen-bond donors (Lipinski definition) is 2. The summed E-state index contributed by atoms with van der Waals surface area (Å²) >= 11 is 0. The zero-order valence-corrected chi connectivity index (χ0v) is 18.6. The fraction of sp³-hybridized carbons (Fsp3) is 0.476. The van der Waals surface area contributed by atoms with Gasteiger partial charge < -0.3 is 19.7 Å². The van der Waals surface area contributed by atoms with E-state index in [4.69, 9.17) is 5.14 Å². The van der Waals surface area contributed by atoms with Crippen LogP contribution in [0.3, 0.4) is 0 Å². The number of hydrogen-bond acceptors (Lipinski definition) is 6. The van der Waals surface area contributed by atoms with Crippen LogP contribution in [0, 0.1) is 5.92 Å². The van der Waals surface area contributed by atoms with Crippen LogP contribution in [0.5, 0.6) is 0 Å². The van der Waals surface area contributed by atoms with Crippen LogP contribution in [0.25, 0.3) is 21.9 Å². The van der Waals surface area contributed by atoms with Gasteiger partial charge in [0.15, 0.2) is 5.65 Å². The molecule has 3 N–H and O–H groups in total. The molecule has 0 spiro atoms. The Bertz CT molecular complexity index is 1250. The number of nitrogens with zero attached hydrogens (tertiary/aromatic N) is 5. The molecule has 5 heterocycles. The quantitative estimate of drug-likeness (QED) is 0.611. The minimum absolute atomic E-state index is 0.0176. The summed E-state index contributed by atoms with van der Waals surface area (Å²) in [5, 5.41) is 7.32. The summed E-state index contributed by atoms with van der Waals surface area (Å²) in [4.78, 5) is 31.2. The van der Waals surface area contributed by atoms with Crippen molar-refractivity contribution in [3.8, 4) is 0 Å². The lowest BCUT2D eigenvalue weighted by Crippen LogP contribution is -2.55. The third kappa shape index (κ3) is 4.09. The monoisotopic (exact) mass is 457 g/mol. The maximum Gasteiger partial charge on any atom is 0.320 e. The van der Waals surface area contributed by atoms with Gasteiger partial charge in [-0.25, -0.2) is 28.3 Å². The molecule has 0 radical (unpaired) electrons. The summed E-state index contributed by atoms with van der Waals surface area (Å²) in [6, 6.07) is 4.02. The number of amides is 2. The van der Waals surface area contributed by atoms with Gasteiger partial charge in [-0.1, -0.05) is 6.07 Å². The van der Waals surface area contributed by atoms with E-state index in [9.17, 15) is 13.2 Å². The molecule has 170 valence electrons. The Morgan fingerprint density at radius 3 is 2.69 bits per heavy atom. The number of anilines is 1. The molecule has 2 aliphatic rings. The molecule has 2 saturated heterocycles. The summed E-state index contributed by atoms with van der Waals surface area (Å²) < 4.78 is 22.9. The van der Waals surface area contributed by atoms with Gasteiger partial charge in [0, 0.05) is 50.9 Å². The van der Waals surface area contributed by atoms with Gasteiger partial charge in [-0.3, -0.25) is 0 Å². The Morgan fingerprint density at radius 1 is 1.12 bits per heavy atom. The molecule has 2 amide bonds. The van der Waals surface area contributed by atoms with Crippen LogP contribution in [0.1, 0.15) is 12.8 Å². The van der Waals surface area contributed by atoms with Crippen LogP contribution in [0.4, 0.5) is 10.5 Å². The molecule has 0 saturated carbocycles. The number of aromatic amines is 1. The number of aromatic nitrogens is 3. The van der Waals surface area contributed by atoms with Gasteiger partial charge in [-0.2, -0.15) is 0 Å². The van der Waals surface area contributed by atoms with Gasteiger partial charge in [-0.15, -0.1) is 0 Å². The van der Waals surface area contributed by atoms with Gasteiger partial charge in [0.05, 0.1) is 34.7 Å². The number of piperazine rings is 1. The van der Waals surface area contributed by atoms with Crippen LogP contribution in [0.15, 0.2) is 30.7 Å². The van der Waals surface area contributed by atoms with Crippen molar-refractivity contribution in [2.75, 3.05) is 49.9 Å². The number of carbonyl (C=O) groups excluding carboxylic acids is 1. The Labute approximate surface area is 186 Å². The van der Waals surface area contributed by atoms with E-state index in [0.29, 0.717) is 39.3 Å². The molecule has 0 aliphatic carbocycles. The number of carbonyl (C=O) groups is 1. The molecule has 11 heteroatoms. The molecule has 1 unspecified atom stereocenters. The maximum atomic E-state index is 13.1. The molecule has 3 aromatic rings. The van der Waals surface area contributed by atoms with Crippen molar-refractivity contribution in [2.24, 2.45) is 11.1 Å². The van der Waals surface area contributed by atoms with E-state index in [1.807, 2.05) is 23.4 Å². The lowest BCUT2D eigenvalue weighted by molar-refractivity contribution is 0.129. The highest BCUT2D eigenvalue weighted by Gasteiger charge is 2.31. The van der Waals surface area contributed by atoms with Gasteiger partial charge in [0.1, 0.15) is 0 Å². The van der Waals surface area contributed by atoms with Crippen LogP contribution in [-0.2, 0) is 10.0 Å². The highest BCUT2D eigenvalue weighted by Crippen LogP contribution is 2.32. The number of H-pyrrole nitrogens is 1. The number of fused-ring (bicyclic) bond motifs is 3. The third-order valence-electron chi connectivity index (χ3n) is 6.41. The first kappa shape index (κ1) is 21.0. The number of piperidine rings is 1. The lowest BCUT2D eigenvalue weighted by Gasteiger charge is -2.40. The first-order valence-electron chi connectivity index (χ1n) is 10.9. The lowest BCUT2D eigenvalue weighted by atomic mass is 10.0. The smallest absolute Gasteiger partial charge is 0.320 e. The highest BCUT2D eigenvalue weighted by molar-refractivity contribution is 7.89. The Balaban J connectivity index is 1.27. The predicted molar refractivity (Wildman–Crippen MR) is 123 cm³/mol. The topological polar surface area (TPSA) is 129 Å². The number of nitrogens with two attached hydrogens (primary N) is 1. The number of pyridine rings is 2. The maximum absolute atomic E-state index is 13.1. The average Bonchev–Trinajstić information content (AvgIpc) is 3.22. The largest absolute Gasteiger partial charge is 0.366 e. The molecule has 2 aliphatic heterocycles. The van der Waals surface area contributed by atoms with Crippen molar-refractivity contribution in [3.63, 3.8) is 0 Å². The molecule has 5 rings (SSSR count). The second-order valence-electron chi connectivity index (χ2n) is 8.64. The van der Waals surface area contributed by atoms with Crippen LogP contribution >= 0.6 is 0 Å². The number of nitrogens with one attached hydrogen (secondary N) is 1. The van der Waals surface area contributed by atoms with Crippen molar-refractivity contribution in [2.45, 2.75) is 12.8 Å². The standard InChI is InChI=1S/C21H27N7O3S/c22-32(30,31)14-15-3-2-6-28(13-15)21(29)27-9-7-26(8-10-27)18-12-25-20-19(18)16-4-1-5-23-17(16)11-24-20/h1,4-5,11-12,15,23H,2-3,6-10,13-14H2,(H2,22,30,31). The van der Waals surface area contributed by atoms with Crippen LogP contribution < -0.4 is 10.0 Å². The number of primary sulfonamides is 1. The molecule has 1 atom stereocenters. The van der Waals surface area contributed by atoms with E-state index < -0.39 is 10.0 Å². The highest BCUT2D eigenvalue weighted by atomic mass is 32.2. The van der Waals surface area contributed by atoms with Crippen LogP contribution in [-0.4, -0.2) is 84.2 Å². The first-order valence-corrected chi connectivity index (χ1v) is 12.6. The van der Waals surface area contributed by atoms with E-state index >= 15 is 0 Å². The number of rotatable bonds is 3. The van der Waals surface area contributed by atoms with Gasteiger partial charge in [0.2, 0.25) is 10.0 Å². The van der Waals surface area contributed by atoms with Gasteiger partial charge in [-0.05, 0) is 24.8 Å². The zero-order chi connectivity index (χ0) is 22.3. The summed E-state index contributed by atoms with van der Waals surface area (Å²) in [6.07, 6.45) is 7.12. The summed E-state index contributed by atoms with van der Waals surface area (Å²) in [7, 11) is -3.54. The number of urea groups is 1. The third-order valence-corrected chi connectivity index (χ3v) is 7.35. The van der Waals surface area contributed by atoms with Crippen molar-refractivity contribution >= 4 is 43.7 Å². The second-order valence-corrected chi connectivity index (χ2v) is 10.3. The summed E-state index contributed by atoms with van der Waals surface area (Å²) in [6.45, 7) is 3.72. The minimum atomic E-state index is -3.54. The molecule has 2 fully saturated rings. The van der Waals surface area contributed by atoms with E-state index in [1.165, 1.54) is 0 Å². The Kier molecular flexibility index (Phi) is 5.38. The van der Waals surface area contributed by atoms with E-state index in [2.05, 4.69) is 25.9 Å².